The van der Waals surface area contributed by atoms with Gasteiger partial charge in [-0.25, -0.2) is 14.4 Å². The summed E-state index contributed by atoms with van der Waals surface area (Å²) in [6.45, 7) is 16.2. The van der Waals surface area contributed by atoms with Gasteiger partial charge in [-0.1, -0.05) is 13.0 Å². The van der Waals surface area contributed by atoms with Gasteiger partial charge in [0.15, 0.2) is 0 Å². The maximum absolute atomic E-state index is 13.4. The van der Waals surface area contributed by atoms with E-state index in [0.717, 1.165) is 0 Å². The quantitative estimate of drug-likeness (QED) is 0.488. The molecule has 1 unspecified atom stereocenters. The molecule has 0 aromatic heterocycles. The van der Waals surface area contributed by atoms with Gasteiger partial charge in [-0.2, -0.15) is 0 Å². The van der Waals surface area contributed by atoms with Gasteiger partial charge in [0.25, 0.3) is 0 Å². The molecule has 0 saturated heterocycles. The number of methoxy groups -OCH3 is 1. The number of nitrogens with zero attached hydrogens (tertiary/aromatic N) is 1. The number of hydrogen-bond acceptors (Lipinski definition) is 7. The van der Waals surface area contributed by atoms with Crippen LogP contribution in [0.2, 0.25) is 0 Å². The van der Waals surface area contributed by atoms with Gasteiger partial charge in [0.2, 0.25) is 0 Å². The molecule has 0 spiro atoms. The maximum atomic E-state index is 13.4. The van der Waals surface area contributed by atoms with Crippen molar-refractivity contribution in [3.63, 3.8) is 0 Å². The lowest BCUT2D eigenvalue weighted by Crippen LogP contribution is -2.39. The van der Waals surface area contributed by atoms with Crippen molar-refractivity contribution >= 4 is 18.0 Å². The molecule has 33 heavy (non-hydrogen) atoms. The number of ether oxygens (including phenoxy) is 3. The Morgan fingerprint density at radius 2 is 1.36 bits per heavy atom. The average Bonchev–Trinajstić information content (AvgIpc) is 2.64. The highest BCUT2D eigenvalue weighted by atomic mass is 16.6. The molecule has 0 radical (unpaired) electrons. The molecule has 1 amide bonds. The molecule has 182 valence electrons. The molecular weight excluding hydrogens is 424 g/mol. The highest BCUT2D eigenvalue weighted by Crippen LogP contribution is 2.42. The zero-order chi connectivity index (χ0) is 25.3. The fraction of sp³-hybridized carbons (Fsp3) is 0.560. The predicted octanol–water partition coefficient (Wildman–Crippen LogP) is 4.55. The van der Waals surface area contributed by atoms with Crippen LogP contribution in [0.25, 0.3) is 0 Å². The summed E-state index contributed by atoms with van der Waals surface area (Å²) >= 11 is 0. The third kappa shape index (κ3) is 6.27. The van der Waals surface area contributed by atoms with E-state index < -0.39 is 35.2 Å². The average molecular weight is 461 g/mol. The minimum absolute atomic E-state index is 0.176. The molecule has 2 heterocycles. The second kappa shape index (κ2) is 9.45. The molecule has 1 N–H and O–H groups in total. The van der Waals surface area contributed by atoms with Gasteiger partial charge in [0, 0.05) is 23.8 Å². The van der Waals surface area contributed by atoms with Crippen molar-refractivity contribution in [2.24, 2.45) is 11.8 Å². The van der Waals surface area contributed by atoms with Crippen LogP contribution < -0.4 is 5.32 Å². The summed E-state index contributed by atoms with van der Waals surface area (Å²) < 4.78 is 16.3. The molecule has 8 nitrogen and oxygen atoms in total. The Bertz CT molecular complexity index is 906. The van der Waals surface area contributed by atoms with Gasteiger partial charge in [-0.05, 0) is 66.9 Å². The number of hydrogen-bond donors (Lipinski definition) is 1. The van der Waals surface area contributed by atoms with Gasteiger partial charge in [-0.15, -0.1) is 0 Å². The first-order chi connectivity index (χ1) is 15.1. The number of nitrogens with one attached hydrogen (secondary N) is 1. The summed E-state index contributed by atoms with van der Waals surface area (Å²) in [4.78, 5) is 40.3. The lowest BCUT2D eigenvalue weighted by Gasteiger charge is -2.36. The smallest absolute Gasteiger partial charge is 0.417 e. The van der Waals surface area contributed by atoms with Gasteiger partial charge in [-0.3, -0.25) is 4.90 Å². The molecule has 2 aliphatic heterocycles. The Kier molecular flexibility index (Phi) is 7.51. The number of esters is 2. The first-order valence-electron chi connectivity index (χ1n) is 11.0. The lowest BCUT2D eigenvalue weighted by molar-refractivity contribution is -0.151. The minimum Gasteiger partial charge on any atom is -0.457 e. The van der Waals surface area contributed by atoms with Crippen molar-refractivity contribution in [3.8, 4) is 0 Å². The third-order valence-electron chi connectivity index (χ3n) is 5.07. The van der Waals surface area contributed by atoms with E-state index in [2.05, 4.69) is 5.32 Å². The van der Waals surface area contributed by atoms with Crippen LogP contribution in [0.15, 0.2) is 46.6 Å². The van der Waals surface area contributed by atoms with Crippen LogP contribution in [0, 0.1) is 11.8 Å². The molecule has 0 fully saturated rings. The summed E-state index contributed by atoms with van der Waals surface area (Å²) in [5, 5.41) is 3.15. The Balaban J connectivity index is 2.71. The van der Waals surface area contributed by atoms with Crippen molar-refractivity contribution in [2.45, 2.75) is 73.5 Å². The van der Waals surface area contributed by atoms with Crippen LogP contribution in [0.1, 0.15) is 62.3 Å². The first kappa shape index (κ1) is 26.2. The first-order valence-corrected chi connectivity index (χ1v) is 11.0. The molecule has 8 heteroatoms. The molecule has 0 bridgehead atoms. The lowest BCUT2D eigenvalue weighted by atomic mass is 9.75. The highest BCUT2D eigenvalue weighted by Gasteiger charge is 2.42. The topological polar surface area (TPSA) is 94.2 Å². The summed E-state index contributed by atoms with van der Waals surface area (Å²) in [5.41, 5.74) is 0.954. The van der Waals surface area contributed by atoms with E-state index in [1.807, 2.05) is 13.0 Å². The molecule has 0 saturated carbocycles. The predicted molar refractivity (Wildman–Crippen MR) is 124 cm³/mol. The van der Waals surface area contributed by atoms with Gasteiger partial charge >= 0.3 is 18.0 Å². The fourth-order valence-electron chi connectivity index (χ4n) is 3.75. The number of carbonyl (C=O) groups excluding carboxylic acids is 3. The number of dihydropyridines is 1. The minimum atomic E-state index is -0.775. The number of allylic oxidation sites excluding steroid dienone is 4. The van der Waals surface area contributed by atoms with Crippen LogP contribution in [0.5, 0.6) is 0 Å². The van der Waals surface area contributed by atoms with Crippen LogP contribution in [-0.2, 0) is 23.8 Å². The van der Waals surface area contributed by atoms with E-state index in [1.165, 1.54) is 12.0 Å². The molecule has 2 rings (SSSR count). The Morgan fingerprint density at radius 1 is 0.909 bits per heavy atom. The summed E-state index contributed by atoms with van der Waals surface area (Å²) in [6.07, 6.45) is 4.46. The van der Waals surface area contributed by atoms with Crippen molar-refractivity contribution in [2.75, 3.05) is 7.11 Å². The largest absolute Gasteiger partial charge is 0.457 e. The number of amides is 1. The molecule has 2 aliphatic rings. The van der Waals surface area contributed by atoms with Gasteiger partial charge in [0.05, 0.1) is 24.2 Å². The number of rotatable bonds is 3. The monoisotopic (exact) mass is 460 g/mol. The zero-order valence-electron chi connectivity index (χ0n) is 21.3. The van der Waals surface area contributed by atoms with Gasteiger partial charge in [0.1, 0.15) is 11.2 Å². The van der Waals surface area contributed by atoms with E-state index >= 15 is 0 Å². The Labute approximate surface area is 196 Å². The molecule has 0 aromatic carbocycles. The summed E-state index contributed by atoms with van der Waals surface area (Å²) in [6, 6.07) is 0. The van der Waals surface area contributed by atoms with Crippen LogP contribution in [0.3, 0.4) is 0 Å². The maximum Gasteiger partial charge on any atom is 0.417 e. The van der Waals surface area contributed by atoms with E-state index in [-0.39, 0.29) is 5.92 Å². The third-order valence-corrected chi connectivity index (χ3v) is 5.07. The van der Waals surface area contributed by atoms with Crippen LogP contribution >= 0.6 is 0 Å². The molecular formula is C25H36N2O6. The van der Waals surface area contributed by atoms with Gasteiger partial charge < -0.3 is 19.5 Å². The van der Waals surface area contributed by atoms with Crippen LogP contribution in [-0.4, -0.2) is 41.2 Å². The zero-order valence-corrected chi connectivity index (χ0v) is 21.3. The fourth-order valence-corrected chi connectivity index (χ4v) is 3.75. The Morgan fingerprint density at radius 3 is 1.76 bits per heavy atom. The Hall–Kier alpha value is -3.03. The highest BCUT2D eigenvalue weighted by molar-refractivity contribution is 5.99. The second-order valence-electron chi connectivity index (χ2n) is 10.3. The van der Waals surface area contributed by atoms with Crippen molar-refractivity contribution < 1.29 is 28.6 Å². The molecule has 0 aliphatic carbocycles. The molecule has 1 atom stereocenters. The van der Waals surface area contributed by atoms with E-state index in [0.29, 0.717) is 28.1 Å². The van der Waals surface area contributed by atoms with Crippen molar-refractivity contribution in [3.05, 3.63) is 46.6 Å². The standard InChI is InChI=1S/C25H36N2O6/c1-14-11-12-27(23(30)31-10)13-17(14)20-18(21(28)32-24(4,5)6)15(2)26-16(3)19(20)22(29)33-25(7,8)9/h11-14,20,26H,1-10H3. The molecule has 0 aromatic rings. The SMILES string of the molecule is COC(=O)N1C=CC(C)C(C2C(C(=O)OC(C)(C)C)=C(C)NC(C)=C2C(=O)OC(C)(C)C)=C1. The summed E-state index contributed by atoms with van der Waals surface area (Å²) in [5.74, 6) is -2.04. The van der Waals surface area contributed by atoms with Crippen molar-refractivity contribution in [1.82, 2.24) is 10.2 Å². The normalized spacial score (nSPS) is 19.8. The van der Waals surface area contributed by atoms with Crippen LogP contribution in [0.4, 0.5) is 4.79 Å². The van der Waals surface area contributed by atoms with E-state index in [1.54, 1.807) is 67.8 Å². The summed E-state index contributed by atoms with van der Waals surface area (Å²) in [7, 11) is 1.29. The number of carbonyl (C=O) groups is 3. The van der Waals surface area contributed by atoms with E-state index in [4.69, 9.17) is 14.2 Å². The second-order valence-corrected chi connectivity index (χ2v) is 10.3. The van der Waals surface area contributed by atoms with E-state index in [9.17, 15) is 14.4 Å². The van der Waals surface area contributed by atoms with Crippen molar-refractivity contribution in [1.29, 1.82) is 0 Å².